The van der Waals surface area contributed by atoms with Crippen LogP contribution >= 0.6 is 0 Å². The van der Waals surface area contributed by atoms with Crippen LogP contribution in [0, 0.1) is 11.3 Å². The van der Waals surface area contributed by atoms with Gasteiger partial charge in [-0.3, -0.25) is 4.79 Å². The molecular formula is C16H23F3O5S. The second-order valence-corrected chi connectivity index (χ2v) is 8.49. The molecule has 2 unspecified atom stereocenters. The van der Waals surface area contributed by atoms with Crippen molar-refractivity contribution in [1.29, 1.82) is 0 Å². The fourth-order valence-electron chi connectivity index (χ4n) is 3.22. The van der Waals surface area contributed by atoms with Crippen LogP contribution in [0.15, 0.2) is 11.8 Å². The Balaban J connectivity index is 1.75. The third-order valence-electron chi connectivity index (χ3n) is 5.15. The van der Waals surface area contributed by atoms with Crippen molar-refractivity contribution >= 4 is 16.1 Å². The van der Waals surface area contributed by atoms with Gasteiger partial charge in [-0.2, -0.15) is 21.6 Å². The number of ether oxygens (including phenoxy) is 1. The molecule has 0 N–H and O–H groups in total. The predicted octanol–water partition coefficient (Wildman–Crippen LogP) is 4.05. The summed E-state index contributed by atoms with van der Waals surface area (Å²) in [4.78, 5) is 12.1. The van der Waals surface area contributed by atoms with Crippen LogP contribution in [0.4, 0.5) is 13.2 Å². The molecule has 2 atom stereocenters. The van der Waals surface area contributed by atoms with E-state index >= 15 is 0 Å². The minimum absolute atomic E-state index is 0.00580. The number of esters is 1. The van der Waals surface area contributed by atoms with Gasteiger partial charge in [0, 0.05) is 5.41 Å². The number of carbonyl (C=O) groups excluding carboxylic acids is 1. The van der Waals surface area contributed by atoms with E-state index in [1.807, 2.05) is 0 Å². The first-order chi connectivity index (χ1) is 11.5. The summed E-state index contributed by atoms with van der Waals surface area (Å²) in [5.41, 5.74) is -5.26. The molecule has 9 heteroatoms. The summed E-state index contributed by atoms with van der Waals surface area (Å²) in [7, 11) is -5.65. The van der Waals surface area contributed by atoms with Crippen LogP contribution in [0.1, 0.15) is 58.8 Å². The third kappa shape index (κ3) is 4.48. The van der Waals surface area contributed by atoms with Gasteiger partial charge in [0.05, 0.1) is 5.92 Å². The fraction of sp³-hybridized carbons (Fsp3) is 0.812. The second kappa shape index (κ2) is 7.17. The maximum Gasteiger partial charge on any atom is 0.534 e. The molecule has 0 bridgehead atoms. The van der Waals surface area contributed by atoms with Crippen molar-refractivity contribution in [3.63, 3.8) is 0 Å². The predicted molar refractivity (Wildman–Crippen MR) is 83.6 cm³/mol. The first-order valence-corrected chi connectivity index (χ1v) is 9.76. The van der Waals surface area contributed by atoms with E-state index in [1.54, 1.807) is 6.92 Å². The van der Waals surface area contributed by atoms with Gasteiger partial charge in [0.2, 0.25) is 0 Å². The SMILES string of the molecule is CC(=CCCC(C)C(=O)OC1CCC12CCC2)OS(=O)(=O)C(F)(F)F. The zero-order valence-electron chi connectivity index (χ0n) is 14.3. The van der Waals surface area contributed by atoms with Gasteiger partial charge in [0.25, 0.3) is 0 Å². The Morgan fingerprint density at radius 3 is 2.40 bits per heavy atom. The van der Waals surface area contributed by atoms with E-state index in [1.165, 1.54) is 12.5 Å². The summed E-state index contributed by atoms with van der Waals surface area (Å²) in [5, 5.41) is 0. The first-order valence-electron chi connectivity index (χ1n) is 8.35. The van der Waals surface area contributed by atoms with E-state index in [0.29, 0.717) is 6.42 Å². The van der Waals surface area contributed by atoms with Crippen LogP contribution in [0.25, 0.3) is 0 Å². The van der Waals surface area contributed by atoms with E-state index in [-0.39, 0.29) is 29.7 Å². The Bertz CT molecular complexity index is 629. The number of allylic oxidation sites excluding steroid dienone is 2. The molecule has 0 saturated heterocycles. The highest BCUT2D eigenvalue weighted by molar-refractivity contribution is 7.87. The molecule has 2 aliphatic rings. The summed E-state index contributed by atoms with van der Waals surface area (Å²) in [6.07, 6.45) is 7.15. The maximum atomic E-state index is 12.2. The number of rotatable bonds is 7. The molecule has 5 nitrogen and oxygen atoms in total. The van der Waals surface area contributed by atoms with Gasteiger partial charge >= 0.3 is 21.6 Å². The number of hydrogen-bond donors (Lipinski definition) is 0. The van der Waals surface area contributed by atoms with E-state index in [0.717, 1.165) is 32.6 Å². The molecule has 25 heavy (non-hydrogen) atoms. The standard InChI is InChI=1S/C16H23F3O5S/c1-11(14(20)23-13-7-10-15(13)8-4-9-15)5-3-6-12(2)24-25(21,22)16(17,18)19/h6,11,13H,3-5,7-10H2,1-2H3. The average Bonchev–Trinajstić information content (AvgIpc) is 2.39. The highest BCUT2D eigenvalue weighted by Gasteiger charge is 2.53. The van der Waals surface area contributed by atoms with Gasteiger partial charge in [-0.05, 0) is 51.5 Å². The topological polar surface area (TPSA) is 69.7 Å². The summed E-state index contributed by atoms with van der Waals surface area (Å²) in [6.45, 7) is 2.81. The summed E-state index contributed by atoms with van der Waals surface area (Å²) in [5.74, 6) is -1.10. The van der Waals surface area contributed by atoms with Crippen molar-refractivity contribution in [2.75, 3.05) is 0 Å². The molecule has 2 rings (SSSR count). The minimum Gasteiger partial charge on any atom is -0.462 e. The molecule has 0 amide bonds. The van der Waals surface area contributed by atoms with Crippen LogP contribution in [-0.2, 0) is 23.8 Å². The van der Waals surface area contributed by atoms with Crippen LogP contribution in [0.2, 0.25) is 0 Å². The molecule has 0 radical (unpaired) electrons. The number of carbonyl (C=O) groups is 1. The molecule has 2 aliphatic carbocycles. The van der Waals surface area contributed by atoms with Gasteiger partial charge in [-0.25, -0.2) is 0 Å². The molecule has 0 aliphatic heterocycles. The Kier molecular flexibility index (Phi) is 5.75. The number of alkyl halides is 3. The Hall–Kier alpha value is -1.25. The average molecular weight is 384 g/mol. The summed E-state index contributed by atoms with van der Waals surface area (Å²) < 4.78 is 67.9. The van der Waals surface area contributed by atoms with E-state index in [2.05, 4.69) is 4.18 Å². The van der Waals surface area contributed by atoms with Crippen molar-refractivity contribution in [1.82, 2.24) is 0 Å². The Labute approximate surface area is 145 Å². The van der Waals surface area contributed by atoms with Gasteiger partial charge in [-0.15, -0.1) is 0 Å². The highest BCUT2D eigenvalue weighted by Crippen LogP contribution is 2.57. The number of hydrogen-bond acceptors (Lipinski definition) is 5. The van der Waals surface area contributed by atoms with Gasteiger partial charge < -0.3 is 8.92 Å². The smallest absolute Gasteiger partial charge is 0.462 e. The molecule has 0 aromatic heterocycles. The highest BCUT2D eigenvalue weighted by atomic mass is 32.2. The Morgan fingerprint density at radius 2 is 1.96 bits per heavy atom. The first kappa shape index (κ1) is 20.1. The molecule has 2 fully saturated rings. The summed E-state index contributed by atoms with van der Waals surface area (Å²) >= 11 is 0. The quantitative estimate of drug-likeness (QED) is 0.287. The van der Waals surface area contributed by atoms with Crippen molar-refractivity contribution in [3.05, 3.63) is 11.8 Å². The minimum atomic E-state index is -5.65. The molecule has 144 valence electrons. The number of halogens is 3. The van der Waals surface area contributed by atoms with Crippen LogP contribution in [-0.4, -0.2) is 26.0 Å². The zero-order chi connectivity index (χ0) is 18.9. The van der Waals surface area contributed by atoms with E-state index in [9.17, 15) is 26.4 Å². The molecular weight excluding hydrogens is 361 g/mol. The Morgan fingerprint density at radius 1 is 1.32 bits per heavy atom. The van der Waals surface area contributed by atoms with Crippen molar-refractivity contribution < 1.29 is 35.3 Å². The van der Waals surface area contributed by atoms with Crippen molar-refractivity contribution in [3.8, 4) is 0 Å². The van der Waals surface area contributed by atoms with Crippen LogP contribution in [0.5, 0.6) is 0 Å². The summed E-state index contributed by atoms with van der Waals surface area (Å²) in [6, 6.07) is 0. The lowest BCUT2D eigenvalue weighted by atomic mass is 9.54. The van der Waals surface area contributed by atoms with Gasteiger partial charge in [0.1, 0.15) is 11.9 Å². The normalized spacial score (nSPS) is 24.2. The van der Waals surface area contributed by atoms with Crippen molar-refractivity contribution in [2.24, 2.45) is 11.3 Å². The molecule has 2 saturated carbocycles. The largest absolute Gasteiger partial charge is 0.534 e. The second-order valence-electron chi connectivity index (χ2n) is 6.96. The van der Waals surface area contributed by atoms with Crippen molar-refractivity contribution in [2.45, 2.75) is 70.4 Å². The monoisotopic (exact) mass is 384 g/mol. The van der Waals surface area contributed by atoms with Gasteiger partial charge in [-0.1, -0.05) is 13.3 Å². The fourth-order valence-corrected chi connectivity index (χ4v) is 3.73. The van der Waals surface area contributed by atoms with E-state index < -0.39 is 21.5 Å². The lowest BCUT2D eigenvalue weighted by Crippen LogP contribution is -2.52. The molecule has 0 aromatic rings. The lowest BCUT2D eigenvalue weighted by molar-refractivity contribution is -0.185. The van der Waals surface area contributed by atoms with E-state index in [4.69, 9.17) is 4.74 Å². The molecule has 1 spiro atoms. The lowest BCUT2D eigenvalue weighted by Gasteiger charge is -2.54. The van der Waals surface area contributed by atoms with Gasteiger partial charge in [0.15, 0.2) is 0 Å². The maximum absolute atomic E-state index is 12.2. The molecule has 0 heterocycles. The van der Waals surface area contributed by atoms with Crippen LogP contribution < -0.4 is 0 Å². The van der Waals surface area contributed by atoms with Crippen LogP contribution in [0.3, 0.4) is 0 Å². The third-order valence-corrected chi connectivity index (χ3v) is 6.20. The zero-order valence-corrected chi connectivity index (χ0v) is 15.1. The molecule has 0 aromatic carbocycles.